The monoisotopic (exact) mass is 2060 g/mol. The summed E-state index contributed by atoms with van der Waals surface area (Å²) in [6.07, 6.45) is 0.809. The van der Waals surface area contributed by atoms with Crippen LogP contribution in [0.15, 0.2) is 169 Å². The molecule has 10 aromatic rings. The number of thiazole rings is 1. The average Bonchev–Trinajstić information content (AvgIpc) is 0.857. The van der Waals surface area contributed by atoms with Crippen molar-refractivity contribution < 1.29 is 28.4 Å². The van der Waals surface area contributed by atoms with Crippen LogP contribution in [-0.2, 0) is 71.7 Å². The summed E-state index contributed by atoms with van der Waals surface area (Å²) < 4.78 is 34.1. The molecule has 0 saturated carbocycles. The lowest BCUT2D eigenvalue weighted by atomic mass is 9.79. The van der Waals surface area contributed by atoms with Gasteiger partial charge in [0.1, 0.15) is 5.69 Å². The molecule has 0 aliphatic carbocycles. The SMILES string of the molecule is CC(C)(C)c1cc(C#N)cc(C#Cc2ccccc2)c1.COC(CN(C)C)c1cc(C)c(C)cc1C(C)(C)C.COC(CN(C)C)c1cc(C)c(C)cc1C(C)(C)C.COC(CN(C)C)c1cc(C)cc(C(C)(C)C)c1.COC(CN(C)C)c1cc(C)ccc1C(C)(C)C.COC(CN(C)C)c1ccc(C(C)(C)C)c(C)c1.COC(CN(C)C)c1cccc(C)c1C(C)(C)C.Cc1nc(C#Cc2cc(C#N)cc(C(C)(C)C)c2)cs1. The van der Waals surface area contributed by atoms with Crippen LogP contribution in [0.3, 0.4) is 0 Å². The maximum atomic E-state index is 9.14. The van der Waals surface area contributed by atoms with Gasteiger partial charge in [-0.15, -0.1) is 11.3 Å². The number of aromatic nitrogens is 1. The Balaban J connectivity index is 0.000000440. The molecule has 0 bridgehead atoms. The Bertz CT molecular complexity index is 5940. The van der Waals surface area contributed by atoms with Crippen molar-refractivity contribution in [2.45, 2.75) is 308 Å². The average molecular weight is 2060 g/mol. The summed E-state index contributed by atoms with van der Waals surface area (Å²) in [5, 5.41) is 21.2. The van der Waals surface area contributed by atoms with Gasteiger partial charge < -0.3 is 57.8 Å². The van der Waals surface area contributed by atoms with Gasteiger partial charge in [-0.3, -0.25) is 0 Å². The van der Waals surface area contributed by atoms with Crippen LogP contribution in [0.4, 0.5) is 0 Å². The van der Waals surface area contributed by atoms with E-state index >= 15 is 0 Å². The minimum atomic E-state index is 0.000505. The van der Waals surface area contributed by atoms with Crippen molar-refractivity contribution in [1.82, 2.24) is 34.4 Å². The van der Waals surface area contributed by atoms with Gasteiger partial charge in [0.2, 0.25) is 0 Å². The summed E-state index contributed by atoms with van der Waals surface area (Å²) in [5.74, 6) is 12.4. The quantitative estimate of drug-likeness (QED) is 0.0531. The Labute approximate surface area is 919 Å². The predicted molar refractivity (Wildman–Crippen MR) is 644 cm³/mol. The van der Waals surface area contributed by atoms with Crippen molar-refractivity contribution in [3.8, 4) is 35.8 Å². The number of hydrogen-bond donors (Lipinski definition) is 0. The molecule has 0 radical (unpaired) electrons. The fraction of sp³-hybridized carbons (Fsp3) is 0.530. The van der Waals surface area contributed by atoms with Gasteiger partial charge in [-0.2, -0.15) is 10.5 Å². The Morgan fingerprint density at radius 1 is 0.267 bits per heavy atom. The topological polar surface area (TPSA) is 135 Å². The largest absolute Gasteiger partial charge is 0.375 e. The summed E-state index contributed by atoms with van der Waals surface area (Å²) in [5.41, 5.74) is 34.9. The van der Waals surface area contributed by atoms with Gasteiger partial charge >= 0.3 is 0 Å². The molecular formula is C134H199N9O6S. The molecule has 0 saturated heterocycles. The highest BCUT2D eigenvalue weighted by Gasteiger charge is 2.31. The number of benzene rings is 9. The lowest BCUT2D eigenvalue weighted by Gasteiger charge is -2.30. The fourth-order valence-corrected chi connectivity index (χ4v) is 18.3. The van der Waals surface area contributed by atoms with Crippen molar-refractivity contribution in [3.63, 3.8) is 0 Å². The molecule has 0 N–H and O–H groups in total. The zero-order valence-electron chi connectivity index (χ0n) is 103. The van der Waals surface area contributed by atoms with Gasteiger partial charge in [-0.1, -0.05) is 310 Å². The minimum Gasteiger partial charge on any atom is -0.375 e. The van der Waals surface area contributed by atoms with Crippen LogP contribution in [0.1, 0.15) is 364 Å². The second-order valence-corrected chi connectivity index (χ2v) is 51.3. The van der Waals surface area contributed by atoms with Crippen molar-refractivity contribution >= 4 is 11.3 Å². The third-order valence-corrected chi connectivity index (χ3v) is 26.8. The van der Waals surface area contributed by atoms with Crippen molar-refractivity contribution in [2.75, 3.05) is 166 Å². The van der Waals surface area contributed by atoms with E-state index in [1.54, 1.807) is 54.0 Å². The van der Waals surface area contributed by atoms with E-state index in [9.17, 15) is 0 Å². The van der Waals surface area contributed by atoms with Gasteiger partial charge in [0.25, 0.3) is 0 Å². The lowest BCUT2D eigenvalue weighted by molar-refractivity contribution is 0.0769. The first-order valence-electron chi connectivity index (χ1n) is 53.1. The number of ether oxygens (including phenoxy) is 6. The van der Waals surface area contributed by atoms with E-state index in [4.69, 9.17) is 38.9 Å². The van der Waals surface area contributed by atoms with E-state index < -0.39 is 0 Å². The minimum absolute atomic E-state index is 0.000505. The highest BCUT2D eigenvalue weighted by atomic mass is 32.1. The van der Waals surface area contributed by atoms with E-state index in [0.717, 1.165) is 77.8 Å². The Morgan fingerprint density at radius 2 is 0.607 bits per heavy atom. The van der Waals surface area contributed by atoms with Crippen LogP contribution in [0.25, 0.3) is 0 Å². The Kier molecular flexibility index (Phi) is 54.4. The molecule has 6 atom stereocenters. The number of nitriles is 2. The molecule has 822 valence electrons. The number of hydrogen-bond acceptors (Lipinski definition) is 16. The number of rotatable bonds is 24. The molecule has 0 amide bonds. The van der Waals surface area contributed by atoms with E-state index in [0.29, 0.717) is 11.1 Å². The van der Waals surface area contributed by atoms with Gasteiger partial charge in [-0.05, 0) is 356 Å². The summed E-state index contributed by atoms with van der Waals surface area (Å²) in [4.78, 5) is 17.3. The number of nitrogens with zero attached hydrogens (tertiary/aromatic N) is 9. The Hall–Kier alpha value is -9.77. The predicted octanol–water partition coefficient (Wildman–Crippen LogP) is 30.1. The Morgan fingerprint density at radius 3 is 0.953 bits per heavy atom. The van der Waals surface area contributed by atoms with Crippen LogP contribution in [0.5, 0.6) is 0 Å². The smallest absolute Gasteiger partial charge is 0.124 e. The number of aryl methyl sites for hydroxylation is 9. The highest BCUT2D eigenvalue weighted by Crippen LogP contribution is 2.40. The van der Waals surface area contributed by atoms with Crippen molar-refractivity contribution in [2.24, 2.45) is 0 Å². The van der Waals surface area contributed by atoms with E-state index in [1.165, 1.54) is 111 Å². The summed E-state index contributed by atoms with van der Waals surface area (Å²) in [7, 11) is 35.7. The maximum Gasteiger partial charge on any atom is 0.124 e. The fourth-order valence-electron chi connectivity index (χ4n) is 17.7. The highest BCUT2D eigenvalue weighted by molar-refractivity contribution is 7.09. The summed E-state index contributed by atoms with van der Waals surface area (Å²) in [6.45, 7) is 78.2. The van der Waals surface area contributed by atoms with Gasteiger partial charge in [0.05, 0.1) is 64.9 Å². The lowest BCUT2D eigenvalue weighted by Crippen LogP contribution is -2.25. The molecule has 6 unspecified atom stereocenters. The maximum absolute atomic E-state index is 9.14. The zero-order chi connectivity index (χ0) is 115. The van der Waals surface area contributed by atoms with Crippen LogP contribution in [-0.4, -0.2) is 201 Å². The van der Waals surface area contributed by atoms with Crippen molar-refractivity contribution in [3.05, 3.63) is 330 Å². The molecule has 16 heteroatoms. The number of methoxy groups -OCH3 is 6. The van der Waals surface area contributed by atoms with Crippen molar-refractivity contribution in [1.29, 1.82) is 10.5 Å². The molecule has 0 fully saturated rings. The zero-order valence-corrected chi connectivity index (χ0v) is 104. The van der Waals surface area contributed by atoms with Crippen LogP contribution >= 0.6 is 11.3 Å². The first-order chi connectivity index (χ1) is 69.2. The molecule has 10 rings (SSSR count). The van der Waals surface area contributed by atoms with Crippen LogP contribution in [0.2, 0.25) is 0 Å². The molecule has 150 heavy (non-hydrogen) atoms. The molecule has 0 aliphatic rings. The summed E-state index contributed by atoms with van der Waals surface area (Å²) >= 11 is 1.59. The third-order valence-electron chi connectivity index (χ3n) is 26.0. The molecular weight excluding hydrogens is 1860 g/mol. The van der Waals surface area contributed by atoms with Crippen LogP contribution < -0.4 is 0 Å². The van der Waals surface area contributed by atoms with Gasteiger partial charge in [0.15, 0.2) is 0 Å². The molecule has 1 aromatic heterocycles. The standard InChI is InChI=1S/C19H17N.C17H16N2S.2C17H29NO.4C16H27NO/c1-19(2,3)18-12-16(11-17(13-18)14-20)10-9-15-7-5-4-6-8-15;1-12-19-16(11-20-12)6-5-13-7-14(10-18)9-15(8-13)17(2,3)4;2*1-12-9-14(16(19-8)11-18(6)7)15(10-13(12)2)17(3,4)5;1-12-8-13(15(18-7)11-17(5)6)10-14(9-12)16(2,3)4;1-12-10-13(15(18-7)11-17(5)6)8-9-14(12)16(2,3)4;1-12-8-9-14(16(2,3)4)13(10-12)15(18-7)11-17(5)6;1-12-9-8-10-13(15(12)16(2,3)4)14(18-7)11-17(5)6/h4-8,11-13H,1-3H3;7-9,11H,1-4H3;2*9-10,16H,11H2,1-8H3;3*8-10,15H,11H2,1-7H3;8-10,14H,11H2,1-7H3. The first kappa shape index (κ1) is 134. The molecule has 0 spiro atoms. The normalized spacial score (nSPS) is 13.0. The van der Waals surface area contributed by atoms with E-state index in [-0.39, 0.29) is 79.9 Å². The molecule has 15 nitrogen and oxygen atoms in total. The van der Waals surface area contributed by atoms with E-state index in [1.807, 2.05) is 73.0 Å². The third kappa shape index (κ3) is 46.3. The second kappa shape index (κ2) is 60.8. The summed E-state index contributed by atoms with van der Waals surface area (Å²) in [6, 6.07) is 61.9. The molecule has 0 aliphatic heterocycles. The molecule has 1 heterocycles. The molecule has 9 aromatic carbocycles. The van der Waals surface area contributed by atoms with Gasteiger partial charge in [0, 0.05) is 104 Å². The van der Waals surface area contributed by atoms with Crippen LogP contribution in [0, 0.1) is 109 Å². The number of likely N-dealkylation sites (N-methyl/N-ethyl adjacent to an activating group) is 6. The van der Waals surface area contributed by atoms with E-state index in [2.05, 4.69) is 479 Å². The van der Waals surface area contributed by atoms with Gasteiger partial charge in [-0.25, -0.2) is 4.98 Å². The second-order valence-electron chi connectivity index (χ2n) is 50.2. The first-order valence-corrected chi connectivity index (χ1v) is 53.9.